The first-order chi connectivity index (χ1) is 15.4. The van der Waals surface area contributed by atoms with Gasteiger partial charge < -0.3 is 15.2 Å². The van der Waals surface area contributed by atoms with Crippen LogP contribution in [-0.4, -0.2) is 35.7 Å². The Morgan fingerprint density at radius 1 is 0.938 bits per heavy atom. The van der Waals surface area contributed by atoms with Crippen LogP contribution in [0, 0.1) is 0 Å². The zero-order valence-corrected chi connectivity index (χ0v) is 17.4. The average Bonchev–Trinajstić information content (AvgIpc) is 3.11. The molecule has 1 aliphatic rings. The number of carboxylic acids is 1. The van der Waals surface area contributed by atoms with E-state index in [1.54, 1.807) is 12.1 Å². The monoisotopic (exact) mass is 430 g/mol. The van der Waals surface area contributed by atoms with Crippen molar-refractivity contribution in [1.29, 1.82) is 0 Å². The Bertz CT molecular complexity index is 1140. The molecular weight excluding hydrogens is 408 g/mol. The van der Waals surface area contributed by atoms with Crippen LogP contribution in [0.3, 0.4) is 0 Å². The van der Waals surface area contributed by atoms with E-state index < -0.39 is 24.0 Å². The van der Waals surface area contributed by atoms with Crippen LogP contribution in [0.4, 0.5) is 10.5 Å². The smallest absolute Gasteiger partial charge is 0.411 e. The van der Waals surface area contributed by atoms with Gasteiger partial charge in [0.15, 0.2) is 0 Å². The molecule has 0 saturated heterocycles. The highest BCUT2D eigenvalue weighted by Gasteiger charge is 2.29. The van der Waals surface area contributed by atoms with Crippen LogP contribution < -0.4 is 10.6 Å². The zero-order chi connectivity index (χ0) is 22.7. The Hall–Kier alpha value is -4.13. The number of rotatable bonds is 6. The molecule has 0 heterocycles. The summed E-state index contributed by atoms with van der Waals surface area (Å²) >= 11 is 0. The molecule has 4 rings (SSSR count). The van der Waals surface area contributed by atoms with Crippen LogP contribution in [-0.2, 0) is 9.53 Å². The number of hydrogen-bond donors (Lipinski definition) is 3. The highest BCUT2D eigenvalue weighted by atomic mass is 16.5. The summed E-state index contributed by atoms with van der Waals surface area (Å²) in [6, 6.07) is 21.3. The molecule has 0 aliphatic heterocycles. The zero-order valence-electron chi connectivity index (χ0n) is 17.4. The molecule has 0 fully saturated rings. The predicted molar refractivity (Wildman–Crippen MR) is 120 cm³/mol. The van der Waals surface area contributed by atoms with Gasteiger partial charge in [-0.3, -0.25) is 14.9 Å². The first-order valence-corrected chi connectivity index (χ1v) is 10.2. The molecule has 3 aromatic rings. The third kappa shape index (κ3) is 4.32. The van der Waals surface area contributed by atoms with Gasteiger partial charge in [-0.2, -0.15) is 0 Å². The minimum absolute atomic E-state index is 0.0530. The molecule has 1 aliphatic carbocycles. The maximum absolute atomic E-state index is 12.4. The van der Waals surface area contributed by atoms with Gasteiger partial charge in [-0.1, -0.05) is 54.6 Å². The van der Waals surface area contributed by atoms with E-state index in [1.807, 2.05) is 36.4 Å². The van der Waals surface area contributed by atoms with Crippen molar-refractivity contribution >= 4 is 23.7 Å². The van der Waals surface area contributed by atoms with Gasteiger partial charge in [0.05, 0.1) is 0 Å². The topological polar surface area (TPSA) is 105 Å². The number of ether oxygens (including phenoxy) is 1. The van der Waals surface area contributed by atoms with Crippen molar-refractivity contribution in [2.75, 3.05) is 11.9 Å². The summed E-state index contributed by atoms with van der Waals surface area (Å²) in [5.74, 6) is -1.73. The predicted octanol–water partition coefficient (Wildman–Crippen LogP) is 4.25. The maximum atomic E-state index is 12.4. The Morgan fingerprint density at radius 3 is 2.19 bits per heavy atom. The third-order valence-corrected chi connectivity index (χ3v) is 5.43. The molecule has 1 atom stereocenters. The Balaban J connectivity index is 1.41. The average molecular weight is 430 g/mol. The number of carboxylic acid groups (broad SMARTS) is 1. The minimum Gasteiger partial charge on any atom is -0.480 e. The number of hydrogen-bond acceptors (Lipinski definition) is 4. The molecule has 3 N–H and O–H groups in total. The van der Waals surface area contributed by atoms with Crippen molar-refractivity contribution in [3.05, 3.63) is 89.5 Å². The number of carbonyl (C=O) groups excluding carboxylic acids is 2. The number of nitrogens with one attached hydrogen (secondary N) is 2. The Kier molecular flexibility index (Phi) is 5.89. The lowest BCUT2D eigenvalue weighted by Gasteiger charge is -2.15. The molecule has 0 spiro atoms. The summed E-state index contributed by atoms with van der Waals surface area (Å²) in [5, 5.41) is 13.9. The largest absolute Gasteiger partial charge is 0.480 e. The molecule has 0 saturated carbocycles. The third-order valence-electron chi connectivity index (χ3n) is 5.43. The molecule has 32 heavy (non-hydrogen) atoms. The van der Waals surface area contributed by atoms with Gasteiger partial charge in [-0.15, -0.1) is 0 Å². The van der Waals surface area contributed by atoms with E-state index in [2.05, 4.69) is 22.8 Å². The van der Waals surface area contributed by atoms with E-state index in [0.717, 1.165) is 22.3 Å². The van der Waals surface area contributed by atoms with Gasteiger partial charge in [-0.25, -0.2) is 4.79 Å². The Morgan fingerprint density at radius 2 is 1.56 bits per heavy atom. The van der Waals surface area contributed by atoms with Crippen molar-refractivity contribution in [2.24, 2.45) is 0 Å². The molecule has 0 radical (unpaired) electrons. The lowest BCUT2D eigenvalue weighted by molar-refractivity contribution is -0.138. The van der Waals surface area contributed by atoms with Gasteiger partial charge in [0.25, 0.3) is 5.91 Å². The maximum Gasteiger partial charge on any atom is 0.411 e. The fourth-order valence-electron chi connectivity index (χ4n) is 3.83. The summed E-state index contributed by atoms with van der Waals surface area (Å²) in [6.07, 6.45) is -0.636. The highest BCUT2D eigenvalue weighted by molar-refractivity contribution is 5.98. The first-order valence-electron chi connectivity index (χ1n) is 10.2. The molecular formula is C25H22N2O5. The molecule has 7 heteroatoms. The first kappa shape index (κ1) is 21.1. The van der Waals surface area contributed by atoms with Crippen LogP contribution >= 0.6 is 0 Å². The van der Waals surface area contributed by atoms with Crippen molar-refractivity contribution in [3.63, 3.8) is 0 Å². The number of aliphatic carboxylic acids is 1. The van der Waals surface area contributed by atoms with Gasteiger partial charge in [0.2, 0.25) is 0 Å². The number of benzene rings is 3. The molecule has 0 aromatic heterocycles. The minimum atomic E-state index is -1.13. The Labute approximate surface area is 185 Å². The van der Waals surface area contributed by atoms with Crippen molar-refractivity contribution < 1.29 is 24.2 Å². The number of carbonyl (C=O) groups is 3. The summed E-state index contributed by atoms with van der Waals surface area (Å²) < 4.78 is 5.51. The lowest BCUT2D eigenvalue weighted by Crippen LogP contribution is -2.38. The lowest BCUT2D eigenvalue weighted by atomic mass is 9.98. The normalized spacial score (nSPS) is 12.9. The molecule has 2 amide bonds. The van der Waals surface area contributed by atoms with Gasteiger partial charge in [0, 0.05) is 17.2 Å². The molecule has 3 aromatic carbocycles. The standard InChI is InChI=1S/C25H22N2O5/c1-15(24(29)30)26-23(28)16-7-6-8-17(13-16)27-25(31)32-14-22-20-11-4-2-9-18(20)19-10-3-5-12-21(19)22/h2-13,15,22H,14H2,1H3,(H,26,28)(H,27,31)(H,29,30). The molecule has 0 bridgehead atoms. The van der Waals surface area contributed by atoms with Crippen molar-refractivity contribution in [1.82, 2.24) is 5.32 Å². The molecule has 1 unspecified atom stereocenters. The van der Waals surface area contributed by atoms with Crippen LogP contribution in [0.2, 0.25) is 0 Å². The van der Waals surface area contributed by atoms with Gasteiger partial charge >= 0.3 is 12.1 Å². The van der Waals surface area contributed by atoms with Gasteiger partial charge in [-0.05, 0) is 47.4 Å². The second-order valence-electron chi connectivity index (χ2n) is 7.56. The number of amides is 2. The summed E-state index contributed by atoms with van der Waals surface area (Å²) in [6.45, 7) is 1.55. The van der Waals surface area contributed by atoms with Crippen molar-refractivity contribution in [2.45, 2.75) is 18.9 Å². The second-order valence-corrected chi connectivity index (χ2v) is 7.56. The number of anilines is 1. The van der Waals surface area contributed by atoms with Crippen molar-refractivity contribution in [3.8, 4) is 11.1 Å². The fourth-order valence-corrected chi connectivity index (χ4v) is 3.83. The molecule has 7 nitrogen and oxygen atoms in total. The second kappa shape index (κ2) is 8.93. The quantitative estimate of drug-likeness (QED) is 0.542. The van der Waals surface area contributed by atoms with Crippen LogP contribution in [0.15, 0.2) is 72.8 Å². The fraction of sp³-hybridized carbons (Fsp3) is 0.160. The van der Waals surface area contributed by atoms with E-state index >= 15 is 0 Å². The van der Waals surface area contributed by atoms with Crippen LogP contribution in [0.5, 0.6) is 0 Å². The molecule has 162 valence electrons. The van der Waals surface area contributed by atoms with E-state index in [-0.39, 0.29) is 18.1 Å². The summed E-state index contributed by atoms with van der Waals surface area (Å²) in [5.41, 5.74) is 5.13. The van der Waals surface area contributed by atoms with Crippen LogP contribution in [0.25, 0.3) is 11.1 Å². The van der Waals surface area contributed by atoms with E-state index in [0.29, 0.717) is 5.69 Å². The number of fused-ring (bicyclic) bond motifs is 3. The summed E-state index contributed by atoms with van der Waals surface area (Å²) in [7, 11) is 0. The van der Waals surface area contributed by atoms with Gasteiger partial charge in [0.1, 0.15) is 12.6 Å². The van der Waals surface area contributed by atoms with E-state index in [9.17, 15) is 14.4 Å². The summed E-state index contributed by atoms with van der Waals surface area (Å²) in [4.78, 5) is 35.6. The SMILES string of the molecule is CC(NC(=O)c1cccc(NC(=O)OCC2c3ccccc3-c3ccccc32)c1)C(=O)O. The van der Waals surface area contributed by atoms with E-state index in [1.165, 1.54) is 19.1 Å². The van der Waals surface area contributed by atoms with E-state index in [4.69, 9.17) is 9.84 Å². The van der Waals surface area contributed by atoms with Crippen LogP contribution in [0.1, 0.15) is 34.3 Å². The highest BCUT2D eigenvalue weighted by Crippen LogP contribution is 2.44.